The van der Waals surface area contributed by atoms with Gasteiger partial charge in [-0.05, 0) is 62.1 Å². The Balaban J connectivity index is 1.33. The average Bonchev–Trinajstić information content (AvgIpc) is 3.03. The Kier molecular flexibility index (Phi) is 11.9. The predicted molar refractivity (Wildman–Crippen MR) is 172 cm³/mol. The predicted octanol–water partition coefficient (Wildman–Crippen LogP) is 5.62. The largest absolute Gasteiger partial charge is 0.439 e. The maximum Gasteiger partial charge on any atom is 0.319 e. The monoisotopic (exact) mass is 658 g/mol. The zero-order valence-electron chi connectivity index (χ0n) is 26.1. The summed E-state index contributed by atoms with van der Waals surface area (Å²) in [5.41, 5.74) is 0.803. The second kappa shape index (κ2) is 15.8. The van der Waals surface area contributed by atoms with E-state index < -0.39 is 33.6 Å². The molecule has 0 radical (unpaired) electrons. The molecule has 3 aromatic rings. The summed E-state index contributed by atoms with van der Waals surface area (Å²) in [5, 5.41) is 7.62. The summed E-state index contributed by atoms with van der Waals surface area (Å²) in [6, 6.07) is 11.3. The normalized spacial score (nSPS) is 16.8. The molecule has 0 aliphatic carbocycles. The van der Waals surface area contributed by atoms with Gasteiger partial charge in [0.2, 0.25) is 15.9 Å². The summed E-state index contributed by atoms with van der Waals surface area (Å²) in [7, 11) is -2.03. The quantitative estimate of drug-likeness (QED) is 0.187. The number of rotatable bonds is 13. The van der Waals surface area contributed by atoms with Gasteiger partial charge >= 0.3 is 6.03 Å². The number of carbonyl (C=O) groups is 2. The maximum absolute atomic E-state index is 14.4. The van der Waals surface area contributed by atoms with E-state index in [-0.39, 0.29) is 29.1 Å². The van der Waals surface area contributed by atoms with Crippen molar-refractivity contribution >= 4 is 33.3 Å². The van der Waals surface area contributed by atoms with Crippen molar-refractivity contribution in [3.05, 3.63) is 77.5 Å². The van der Waals surface area contributed by atoms with Crippen LogP contribution in [0.25, 0.3) is 0 Å². The molecule has 1 aromatic heterocycles. The lowest BCUT2D eigenvalue weighted by molar-refractivity contribution is 0.0959. The second-order valence-corrected chi connectivity index (χ2v) is 13.1. The molecule has 3 amide bonds. The summed E-state index contributed by atoms with van der Waals surface area (Å²) < 4.78 is 60.2. The number of urea groups is 1. The van der Waals surface area contributed by atoms with Gasteiger partial charge in [0.25, 0.3) is 5.91 Å². The van der Waals surface area contributed by atoms with Gasteiger partial charge < -0.3 is 20.7 Å². The van der Waals surface area contributed by atoms with Crippen molar-refractivity contribution in [2.45, 2.75) is 64.6 Å². The summed E-state index contributed by atoms with van der Waals surface area (Å²) >= 11 is 0. The van der Waals surface area contributed by atoms with Crippen LogP contribution in [0.5, 0.6) is 11.6 Å². The molecule has 2 heterocycles. The molecule has 2 atom stereocenters. The number of ether oxygens (including phenoxy) is 1. The zero-order valence-corrected chi connectivity index (χ0v) is 26.9. The van der Waals surface area contributed by atoms with E-state index in [9.17, 15) is 26.8 Å². The molecule has 0 spiro atoms. The number of pyridine rings is 1. The van der Waals surface area contributed by atoms with Crippen LogP contribution in [0.15, 0.2) is 54.7 Å². The molecule has 1 fully saturated rings. The fourth-order valence-corrected chi connectivity index (χ4v) is 5.88. The summed E-state index contributed by atoms with van der Waals surface area (Å²) in [4.78, 5) is 31.5. The van der Waals surface area contributed by atoms with E-state index in [4.69, 9.17) is 4.74 Å². The summed E-state index contributed by atoms with van der Waals surface area (Å²) in [6.07, 6.45) is 6.12. The first-order valence-corrected chi connectivity index (χ1v) is 16.9. The fraction of sp³-hybridized carbons (Fsp3) is 0.406. The minimum atomic E-state index is -3.36. The van der Waals surface area contributed by atoms with E-state index in [1.54, 1.807) is 43.5 Å². The lowest BCUT2D eigenvalue weighted by Crippen LogP contribution is -2.50. The molecule has 1 aliphatic rings. The van der Waals surface area contributed by atoms with Crippen LogP contribution in [-0.2, 0) is 16.6 Å². The van der Waals surface area contributed by atoms with Crippen LogP contribution >= 0.6 is 0 Å². The van der Waals surface area contributed by atoms with Gasteiger partial charge in [-0.2, -0.15) is 0 Å². The van der Waals surface area contributed by atoms with Gasteiger partial charge in [0.05, 0.1) is 17.0 Å². The van der Waals surface area contributed by atoms with E-state index in [2.05, 4.69) is 37.5 Å². The molecule has 1 saturated heterocycles. The van der Waals surface area contributed by atoms with Crippen molar-refractivity contribution in [1.82, 2.24) is 20.5 Å². The van der Waals surface area contributed by atoms with Gasteiger partial charge in [-0.25, -0.2) is 27.0 Å². The van der Waals surface area contributed by atoms with Crippen LogP contribution in [0.3, 0.4) is 0 Å². The highest BCUT2D eigenvalue weighted by molar-refractivity contribution is 7.92. The van der Waals surface area contributed by atoms with E-state index in [1.807, 2.05) is 6.07 Å². The van der Waals surface area contributed by atoms with Crippen LogP contribution in [0, 0.1) is 11.6 Å². The van der Waals surface area contributed by atoms with Gasteiger partial charge in [0, 0.05) is 56.2 Å². The number of amides is 3. The SMILES string of the molecule is CCCCC1CC(NC(=O)Nc2cc(C(=O)NC)c(F)cc2F)CCN1Cc1ccc(Oc2ccc(NS(=O)(=O)CC)cc2)nc1. The summed E-state index contributed by atoms with van der Waals surface area (Å²) in [5.74, 6) is -1.81. The Labute approximate surface area is 268 Å². The van der Waals surface area contributed by atoms with Crippen LogP contribution in [-0.4, -0.2) is 61.7 Å². The fourth-order valence-electron chi connectivity index (χ4n) is 5.24. The highest BCUT2D eigenvalue weighted by Crippen LogP contribution is 2.26. The highest BCUT2D eigenvalue weighted by atomic mass is 32.2. The number of anilines is 2. The maximum atomic E-state index is 14.4. The Morgan fingerprint density at radius 2 is 1.83 bits per heavy atom. The number of unbranched alkanes of at least 4 members (excludes halogenated alkanes) is 1. The topological polar surface area (TPSA) is 142 Å². The first-order valence-electron chi connectivity index (χ1n) is 15.3. The number of hydrogen-bond donors (Lipinski definition) is 4. The molecule has 1 aliphatic heterocycles. The summed E-state index contributed by atoms with van der Waals surface area (Å²) in [6.45, 7) is 5.07. The molecule has 2 unspecified atom stereocenters. The number of sulfonamides is 1. The van der Waals surface area contributed by atoms with Crippen LogP contribution in [0.4, 0.5) is 25.0 Å². The zero-order chi connectivity index (χ0) is 33.3. The van der Waals surface area contributed by atoms with Crippen molar-refractivity contribution in [2.75, 3.05) is 29.4 Å². The third-order valence-corrected chi connectivity index (χ3v) is 9.06. The minimum absolute atomic E-state index is 0.0167. The van der Waals surface area contributed by atoms with Crippen molar-refractivity contribution < 1.29 is 31.5 Å². The molecule has 0 bridgehead atoms. The molecular formula is C32H40F2N6O5S. The van der Waals surface area contributed by atoms with E-state index in [1.165, 1.54) is 7.05 Å². The molecule has 4 rings (SSSR count). The third kappa shape index (κ3) is 9.60. The molecule has 2 aromatic carbocycles. The van der Waals surface area contributed by atoms with Gasteiger partial charge in [-0.1, -0.05) is 25.8 Å². The number of piperidine rings is 1. The lowest BCUT2D eigenvalue weighted by atomic mass is 9.93. The van der Waals surface area contributed by atoms with Crippen molar-refractivity contribution in [3.63, 3.8) is 0 Å². The minimum Gasteiger partial charge on any atom is -0.439 e. The van der Waals surface area contributed by atoms with Gasteiger partial charge in [0.1, 0.15) is 17.4 Å². The number of likely N-dealkylation sites (tertiary alicyclic amines) is 1. The molecule has 4 N–H and O–H groups in total. The number of benzene rings is 2. The first kappa shape index (κ1) is 34.6. The standard InChI is InChI=1S/C32H40F2N6O5S/c1-4-6-7-24-16-23(37-32(42)38-29-17-26(31(41)35-3)27(33)18-28(29)34)14-15-40(24)20-21-8-13-30(36-19-21)45-25-11-9-22(10-12-25)39-46(43,44)5-2/h8-13,17-19,23-24,39H,4-7,14-16,20H2,1-3H3,(H,35,41)(H2,37,38,42). The van der Waals surface area contributed by atoms with Crippen molar-refractivity contribution in [2.24, 2.45) is 0 Å². The van der Waals surface area contributed by atoms with Gasteiger partial charge in [0.15, 0.2) is 0 Å². The number of nitrogens with zero attached hydrogens (tertiary/aromatic N) is 2. The Hall–Kier alpha value is -4.30. The van der Waals surface area contributed by atoms with Crippen molar-refractivity contribution in [1.29, 1.82) is 0 Å². The highest BCUT2D eigenvalue weighted by Gasteiger charge is 2.29. The number of hydrogen-bond acceptors (Lipinski definition) is 7. The van der Waals surface area contributed by atoms with E-state index in [0.29, 0.717) is 42.8 Å². The molecular weight excluding hydrogens is 618 g/mol. The second-order valence-electron chi connectivity index (χ2n) is 11.1. The van der Waals surface area contributed by atoms with E-state index in [0.717, 1.165) is 37.4 Å². The number of aromatic nitrogens is 1. The Morgan fingerprint density at radius 1 is 1.07 bits per heavy atom. The molecule has 14 heteroatoms. The van der Waals surface area contributed by atoms with Crippen molar-refractivity contribution in [3.8, 4) is 11.6 Å². The van der Waals surface area contributed by atoms with Gasteiger partial charge in [-0.15, -0.1) is 0 Å². The number of halogens is 2. The van der Waals surface area contributed by atoms with E-state index >= 15 is 0 Å². The lowest BCUT2D eigenvalue weighted by Gasteiger charge is -2.40. The van der Waals surface area contributed by atoms with Gasteiger partial charge in [-0.3, -0.25) is 14.4 Å². The third-order valence-electron chi connectivity index (χ3n) is 7.75. The molecule has 0 saturated carbocycles. The molecule has 11 nitrogen and oxygen atoms in total. The molecule has 248 valence electrons. The Bertz CT molecular complexity index is 1610. The first-order chi connectivity index (χ1) is 22.0. The smallest absolute Gasteiger partial charge is 0.319 e. The van der Waals surface area contributed by atoms with Crippen LogP contribution in [0.1, 0.15) is 61.9 Å². The average molecular weight is 659 g/mol. The van der Waals surface area contributed by atoms with Crippen LogP contribution < -0.4 is 25.4 Å². The Morgan fingerprint density at radius 3 is 2.48 bits per heavy atom. The van der Waals surface area contributed by atoms with Crippen LogP contribution in [0.2, 0.25) is 0 Å². The molecule has 46 heavy (non-hydrogen) atoms. The number of carbonyl (C=O) groups excluding carboxylic acids is 2. The number of nitrogens with one attached hydrogen (secondary N) is 4.